The predicted molar refractivity (Wildman–Crippen MR) is 47.0 cm³/mol. The largest absolute Gasteiger partial charge is 0.480 e. The molecule has 1 aliphatic rings. The van der Waals surface area contributed by atoms with Gasteiger partial charge in [-0.2, -0.15) is 0 Å². The molecule has 0 unspecified atom stereocenters. The molecule has 0 amide bonds. The molecule has 1 aliphatic carbocycles. The Labute approximate surface area is 73.2 Å². The first-order valence-electron chi connectivity index (χ1n) is 4.47. The molecule has 0 spiro atoms. The van der Waals surface area contributed by atoms with Gasteiger partial charge >= 0.3 is 5.97 Å². The van der Waals surface area contributed by atoms with Gasteiger partial charge in [-0.05, 0) is 32.6 Å². The number of nitrogens with one attached hydrogen (secondary N) is 1. The molecule has 1 saturated carbocycles. The highest BCUT2D eigenvalue weighted by molar-refractivity contribution is 5.80. The van der Waals surface area contributed by atoms with Crippen molar-refractivity contribution in [3.8, 4) is 0 Å². The van der Waals surface area contributed by atoms with Crippen LogP contribution in [-0.2, 0) is 4.79 Å². The fourth-order valence-electron chi connectivity index (χ4n) is 2.04. The summed E-state index contributed by atoms with van der Waals surface area (Å²) in [4.78, 5) is 10.9. The number of carbonyl (C=O) groups is 1. The smallest absolute Gasteiger partial charge is 0.323 e. The van der Waals surface area contributed by atoms with Gasteiger partial charge in [0.05, 0.1) is 0 Å². The van der Waals surface area contributed by atoms with Gasteiger partial charge in [-0.25, -0.2) is 0 Å². The molecule has 70 valence electrons. The SMILES string of the molecule is CC1CC(NC(C)C)(C(=O)O)C1. The number of carboxylic acids is 1. The third kappa shape index (κ3) is 1.61. The molecule has 0 radical (unpaired) electrons. The van der Waals surface area contributed by atoms with E-state index in [4.69, 9.17) is 5.11 Å². The van der Waals surface area contributed by atoms with Crippen LogP contribution in [0.15, 0.2) is 0 Å². The zero-order valence-electron chi connectivity index (χ0n) is 7.92. The van der Waals surface area contributed by atoms with Gasteiger partial charge in [0.15, 0.2) is 0 Å². The van der Waals surface area contributed by atoms with Crippen LogP contribution in [-0.4, -0.2) is 22.7 Å². The van der Waals surface area contributed by atoms with Crippen LogP contribution in [0.5, 0.6) is 0 Å². The Morgan fingerprint density at radius 2 is 2.08 bits per heavy atom. The second-order valence-electron chi connectivity index (χ2n) is 4.20. The minimum Gasteiger partial charge on any atom is -0.480 e. The van der Waals surface area contributed by atoms with E-state index in [0.29, 0.717) is 5.92 Å². The van der Waals surface area contributed by atoms with Gasteiger partial charge in [0.25, 0.3) is 0 Å². The molecule has 0 aromatic rings. The molecule has 0 bridgehead atoms. The van der Waals surface area contributed by atoms with Crippen LogP contribution in [0.25, 0.3) is 0 Å². The Hall–Kier alpha value is -0.570. The highest BCUT2D eigenvalue weighted by Crippen LogP contribution is 2.37. The lowest BCUT2D eigenvalue weighted by atomic mass is 9.69. The average Bonchev–Trinajstić information content (AvgIpc) is 1.81. The predicted octanol–water partition coefficient (Wildman–Crippen LogP) is 1.24. The number of rotatable bonds is 3. The van der Waals surface area contributed by atoms with Gasteiger partial charge in [0, 0.05) is 6.04 Å². The molecular weight excluding hydrogens is 154 g/mol. The molecule has 1 fully saturated rings. The maximum Gasteiger partial charge on any atom is 0.323 e. The summed E-state index contributed by atoms with van der Waals surface area (Å²) in [5, 5.41) is 12.1. The Morgan fingerprint density at radius 1 is 1.58 bits per heavy atom. The standard InChI is InChI=1S/C9H17NO2/c1-6(2)10-9(8(11)12)4-7(3)5-9/h6-7,10H,4-5H2,1-3H3,(H,11,12). The number of hydrogen-bond donors (Lipinski definition) is 2. The Bertz CT molecular complexity index is 183. The highest BCUT2D eigenvalue weighted by Gasteiger charge is 2.48. The van der Waals surface area contributed by atoms with Crippen LogP contribution in [0.2, 0.25) is 0 Å². The van der Waals surface area contributed by atoms with Crippen LogP contribution in [0, 0.1) is 5.92 Å². The summed E-state index contributed by atoms with van der Waals surface area (Å²) in [6, 6.07) is 0.244. The van der Waals surface area contributed by atoms with Gasteiger partial charge in [-0.1, -0.05) is 6.92 Å². The average molecular weight is 171 g/mol. The lowest BCUT2D eigenvalue weighted by molar-refractivity contribution is -0.151. The summed E-state index contributed by atoms with van der Waals surface area (Å²) in [5.74, 6) is -0.151. The summed E-state index contributed by atoms with van der Waals surface area (Å²) in [6.45, 7) is 6.05. The molecule has 2 N–H and O–H groups in total. The fourth-order valence-corrected chi connectivity index (χ4v) is 2.04. The van der Waals surface area contributed by atoms with Crippen molar-refractivity contribution in [2.45, 2.75) is 45.2 Å². The van der Waals surface area contributed by atoms with E-state index in [9.17, 15) is 4.79 Å². The van der Waals surface area contributed by atoms with Gasteiger partial charge < -0.3 is 5.11 Å². The minimum atomic E-state index is -0.700. The van der Waals surface area contributed by atoms with Crippen molar-refractivity contribution in [2.75, 3.05) is 0 Å². The zero-order valence-corrected chi connectivity index (χ0v) is 7.92. The summed E-state index contributed by atoms with van der Waals surface area (Å²) >= 11 is 0. The lowest BCUT2D eigenvalue weighted by Crippen LogP contribution is -2.62. The van der Waals surface area contributed by atoms with Crippen molar-refractivity contribution in [1.82, 2.24) is 5.32 Å². The Balaban J connectivity index is 2.57. The van der Waals surface area contributed by atoms with Crippen molar-refractivity contribution in [2.24, 2.45) is 5.92 Å². The molecule has 0 saturated heterocycles. The van der Waals surface area contributed by atoms with Crippen LogP contribution >= 0.6 is 0 Å². The number of aliphatic carboxylic acids is 1. The molecule has 1 rings (SSSR count). The molecule has 0 heterocycles. The Morgan fingerprint density at radius 3 is 2.33 bits per heavy atom. The van der Waals surface area contributed by atoms with E-state index < -0.39 is 11.5 Å². The van der Waals surface area contributed by atoms with E-state index in [2.05, 4.69) is 12.2 Å². The molecule has 0 aliphatic heterocycles. The summed E-state index contributed by atoms with van der Waals surface area (Å²) < 4.78 is 0. The molecule has 0 aromatic carbocycles. The van der Waals surface area contributed by atoms with Crippen molar-refractivity contribution in [3.05, 3.63) is 0 Å². The molecular formula is C9H17NO2. The van der Waals surface area contributed by atoms with E-state index >= 15 is 0 Å². The van der Waals surface area contributed by atoms with Gasteiger partial charge in [-0.3, -0.25) is 10.1 Å². The molecule has 12 heavy (non-hydrogen) atoms. The summed E-state index contributed by atoms with van der Waals surface area (Å²) in [7, 11) is 0. The van der Waals surface area contributed by atoms with Crippen molar-refractivity contribution in [1.29, 1.82) is 0 Å². The van der Waals surface area contributed by atoms with Crippen molar-refractivity contribution < 1.29 is 9.90 Å². The normalized spacial score (nSPS) is 34.8. The van der Waals surface area contributed by atoms with Crippen LogP contribution < -0.4 is 5.32 Å². The third-order valence-electron chi connectivity index (χ3n) is 2.37. The first-order valence-corrected chi connectivity index (χ1v) is 4.47. The van der Waals surface area contributed by atoms with Crippen LogP contribution in [0.1, 0.15) is 33.6 Å². The maximum absolute atomic E-state index is 10.9. The number of carboxylic acid groups (broad SMARTS) is 1. The molecule has 0 atom stereocenters. The third-order valence-corrected chi connectivity index (χ3v) is 2.37. The topological polar surface area (TPSA) is 49.3 Å². The van der Waals surface area contributed by atoms with Gasteiger partial charge in [0.1, 0.15) is 5.54 Å². The summed E-state index contributed by atoms with van der Waals surface area (Å²) in [5.41, 5.74) is -0.617. The quantitative estimate of drug-likeness (QED) is 0.671. The molecule has 0 aromatic heterocycles. The summed E-state index contributed by atoms with van der Waals surface area (Å²) in [6.07, 6.45) is 1.53. The minimum absolute atomic E-state index is 0.244. The first kappa shape index (κ1) is 9.52. The molecule has 3 nitrogen and oxygen atoms in total. The van der Waals surface area contributed by atoms with E-state index in [0.717, 1.165) is 12.8 Å². The highest BCUT2D eigenvalue weighted by atomic mass is 16.4. The van der Waals surface area contributed by atoms with Crippen molar-refractivity contribution >= 4 is 5.97 Å². The van der Waals surface area contributed by atoms with E-state index in [1.54, 1.807) is 0 Å². The first-order chi connectivity index (χ1) is 5.46. The van der Waals surface area contributed by atoms with Crippen LogP contribution in [0.4, 0.5) is 0 Å². The number of hydrogen-bond acceptors (Lipinski definition) is 2. The monoisotopic (exact) mass is 171 g/mol. The second-order valence-corrected chi connectivity index (χ2v) is 4.20. The molecule has 3 heteroatoms. The Kier molecular flexibility index (Phi) is 2.42. The lowest BCUT2D eigenvalue weighted by Gasteiger charge is -2.44. The van der Waals surface area contributed by atoms with Crippen LogP contribution in [0.3, 0.4) is 0 Å². The maximum atomic E-state index is 10.9. The van der Waals surface area contributed by atoms with Crippen molar-refractivity contribution in [3.63, 3.8) is 0 Å². The van der Waals surface area contributed by atoms with E-state index in [1.165, 1.54) is 0 Å². The zero-order chi connectivity index (χ0) is 9.35. The fraction of sp³-hybridized carbons (Fsp3) is 0.889. The van der Waals surface area contributed by atoms with E-state index in [1.807, 2.05) is 13.8 Å². The second kappa shape index (κ2) is 3.05. The van der Waals surface area contributed by atoms with Gasteiger partial charge in [-0.15, -0.1) is 0 Å². The van der Waals surface area contributed by atoms with Gasteiger partial charge in [0.2, 0.25) is 0 Å². The van der Waals surface area contributed by atoms with E-state index in [-0.39, 0.29) is 6.04 Å².